The van der Waals surface area contributed by atoms with Crippen molar-refractivity contribution in [3.8, 4) is 0 Å². The van der Waals surface area contributed by atoms with Crippen LogP contribution in [0.1, 0.15) is 0 Å². The first kappa shape index (κ1) is 22.1. The number of anilines is 1. The van der Waals surface area contributed by atoms with Crippen LogP contribution in [0.5, 0.6) is 0 Å². The van der Waals surface area contributed by atoms with Gasteiger partial charge in [0.1, 0.15) is 0 Å². The molecule has 0 bridgehead atoms. The molecule has 1 saturated heterocycles. The molecule has 9 heteroatoms. The van der Waals surface area contributed by atoms with Crippen LogP contribution in [0.15, 0.2) is 66.1 Å². The number of para-hydroxylation sites is 1. The fourth-order valence-electron chi connectivity index (χ4n) is 3.28. The van der Waals surface area contributed by atoms with Gasteiger partial charge in [-0.15, -0.1) is 6.58 Å². The Morgan fingerprint density at radius 1 is 1.03 bits per heavy atom. The van der Waals surface area contributed by atoms with Gasteiger partial charge in [0.25, 0.3) is 0 Å². The molecule has 0 aliphatic carbocycles. The second-order valence-corrected chi connectivity index (χ2v) is 8.82. The van der Waals surface area contributed by atoms with Gasteiger partial charge in [-0.3, -0.25) is 9.69 Å². The highest BCUT2D eigenvalue weighted by molar-refractivity contribution is 7.89. The van der Waals surface area contributed by atoms with Crippen LogP contribution >= 0.6 is 0 Å². The van der Waals surface area contributed by atoms with Gasteiger partial charge in [0.05, 0.1) is 11.4 Å². The lowest BCUT2D eigenvalue weighted by molar-refractivity contribution is -0.119. The molecule has 0 saturated carbocycles. The van der Waals surface area contributed by atoms with E-state index in [0.717, 1.165) is 17.8 Å². The molecule has 1 aliphatic heterocycles. The van der Waals surface area contributed by atoms with Gasteiger partial charge in [0.15, 0.2) is 11.6 Å². The lowest BCUT2D eigenvalue weighted by Gasteiger charge is -2.34. The third-order valence-electron chi connectivity index (χ3n) is 4.90. The van der Waals surface area contributed by atoms with Crippen molar-refractivity contribution in [1.29, 1.82) is 0 Å². The van der Waals surface area contributed by atoms with Crippen molar-refractivity contribution in [1.82, 2.24) is 9.21 Å². The van der Waals surface area contributed by atoms with Gasteiger partial charge in [-0.2, -0.15) is 4.31 Å². The molecular weight excluding hydrogens is 412 g/mol. The van der Waals surface area contributed by atoms with E-state index in [-0.39, 0.29) is 30.4 Å². The quantitative estimate of drug-likeness (QED) is 0.627. The van der Waals surface area contributed by atoms with Crippen molar-refractivity contribution >= 4 is 21.6 Å². The maximum absolute atomic E-state index is 13.4. The summed E-state index contributed by atoms with van der Waals surface area (Å²) in [5.74, 6) is -2.42. The molecule has 1 fully saturated rings. The number of nitrogens with zero attached hydrogens (tertiary/aromatic N) is 3. The monoisotopic (exact) mass is 435 g/mol. The normalized spacial score (nSPS) is 15.7. The van der Waals surface area contributed by atoms with E-state index in [1.165, 1.54) is 4.31 Å². The molecule has 0 atom stereocenters. The number of carbonyl (C=O) groups excluding carboxylic acids is 1. The van der Waals surface area contributed by atoms with Crippen LogP contribution in [0.25, 0.3) is 0 Å². The molecule has 30 heavy (non-hydrogen) atoms. The van der Waals surface area contributed by atoms with Crippen LogP contribution in [0.3, 0.4) is 0 Å². The molecule has 0 spiro atoms. The third kappa shape index (κ3) is 4.92. The Hall–Kier alpha value is -2.62. The number of amides is 1. The number of halogens is 2. The summed E-state index contributed by atoms with van der Waals surface area (Å²) in [7, 11) is -3.93. The van der Waals surface area contributed by atoms with Crippen molar-refractivity contribution < 1.29 is 22.0 Å². The highest BCUT2D eigenvalue weighted by atomic mass is 32.2. The van der Waals surface area contributed by atoms with E-state index >= 15 is 0 Å². The molecule has 1 aliphatic rings. The van der Waals surface area contributed by atoms with Crippen LogP contribution < -0.4 is 4.90 Å². The van der Waals surface area contributed by atoms with Gasteiger partial charge >= 0.3 is 0 Å². The zero-order valence-corrected chi connectivity index (χ0v) is 17.2. The van der Waals surface area contributed by atoms with E-state index in [1.807, 2.05) is 35.2 Å². The molecule has 1 heterocycles. The van der Waals surface area contributed by atoms with Crippen molar-refractivity contribution in [2.45, 2.75) is 4.90 Å². The van der Waals surface area contributed by atoms with Crippen LogP contribution in [-0.4, -0.2) is 62.8 Å². The van der Waals surface area contributed by atoms with Gasteiger partial charge in [0.2, 0.25) is 15.9 Å². The van der Waals surface area contributed by atoms with Gasteiger partial charge < -0.3 is 4.90 Å². The Morgan fingerprint density at radius 3 is 2.30 bits per heavy atom. The molecule has 0 N–H and O–H groups in total. The lowest BCUT2D eigenvalue weighted by atomic mass is 10.2. The standard InChI is InChI=1S/C21H23F2N3O3S/c1-2-10-26(17-6-4-3-5-7-17)21(27)16-24-11-13-25(14-12-24)30(28,29)18-8-9-19(22)20(23)15-18/h2-9,15H,1,10-14,16H2. The van der Waals surface area contributed by atoms with Crippen LogP contribution in [0.4, 0.5) is 14.5 Å². The van der Waals surface area contributed by atoms with Gasteiger partial charge in [-0.05, 0) is 30.3 Å². The second kappa shape index (κ2) is 9.46. The number of carbonyl (C=O) groups is 1. The Balaban J connectivity index is 1.62. The molecular formula is C21H23F2N3O3S. The minimum Gasteiger partial charge on any atom is -0.308 e. The Labute approximate surface area is 175 Å². The molecule has 3 rings (SSSR count). The van der Waals surface area contributed by atoms with Gasteiger partial charge in [0, 0.05) is 38.4 Å². The first-order valence-electron chi connectivity index (χ1n) is 9.47. The number of benzene rings is 2. The van der Waals surface area contributed by atoms with E-state index < -0.39 is 21.7 Å². The Morgan fingerprint density at radius 2 is 1.70 bits per heavy atom. The molecule has 2 aromatic carbocycles. The van der Waals surface area contributed by atoms with Crippen molar-refractivity contribution in [2.24, 2.45) is 0 Å². The van der Waals surface area contributed by atoms with E-state index in [2.05, 4.69) is 6.58 Å². The van der Waals surface area contributed by atoms with E-state index in [0.29, 0.717) is 25.7 Å². The summed E-state index contributed by atoms with van der Waals surface area (Å²) >= 11 is 0. The molecule has 0 radical (unpaired) electrons. The van der Waals surface area contributed by atoms with Crippen molar-refractivity contribution in [3.05, 3.63) is 72.8 Å². The largest absolute Gasteiger partial charge is 0.308 e. The van der Waals surface area contributed by atoms with E-state index in [9.17, 15) is 22.0 Å². The highest BCUT2D eigenvalue weighted by Crippen LogP contribution is 2.20. The topological polar surface area (TPSA) is 60.9 Å². The summed E-state index contributed by atoms with van der Waals surface area (Å²) in [6.45, 7) is 5.22. The summed E-state index contributed by atoms with van der Waals surface area (Å²) in [5, 5.41) is 0. The highest BCUT2D eigenvalue weighted by Gasteiger charge is 2.30. The maximum Gasteiger partial charge on any atom is 0.243 e. The van der Waals surface area contributed by atoms with E-state index in [1.54, 1.807) is 11.0 Å². The summed E-state index contributed by atoms with van der Waals surface area (Å²) < 4.78 is 53.2. The number of rotatable bonds is 7. The number of hydrogen-bond acceptors (Lipinski definition) is 4. The molecule has 1 amide bonds. The van der Waals surface area contributed by atoms with Crippen LogP contribution in [0.2, 0.25) is 0 Å². The van der Waals surface area contributed by atoms with Gasteiger partial charge in [-0.1, -0.05) is 24.3 Å². The number of hydrogen-bond donors (Lipinski definition) is 0. The minimum absolute atomic E-state index is 0.113. The molecule has 0 unspecified atom stereocenters. The number of sulfonamides is 1. The number of piperazine rings is 1. The second-order valence-electron chi connectivity index (χ2n) is 6.88. The fraction of sp³-hybridized carbons (Fsp3) is 0.286. The predicted molar refractivity (Wildman–Crippen MR) is 111 cm³/mol. The summed E-state index contributed by atoms with van der Waals surface area (Å²) in [6, 6.07) is 11.8. The van der Waals surface area contributed by atoms with Crippen molar-refractivity contribution in [2.75, 3.05) is 44.2 Å². The zero-order valence-electron chi connectivity index (χ0n) is 16.4. The summed E-state index contributed by atoms with van der Waals surface area (Å²) in [5.41, 5.74) is 0.766. The molecule has 2 aromatic rings. The third-order valence-corrected chi connectivity index (χ3v) is 6.79. The average molecular weight is 435 g/mol. The first-order valence-corrected chi connectivity index (χ1v) is 10.9. The average Bonchev–Trinajstić information content (AvgIpc) is 2.74. The fourth-order valence-corrected chi connectivity index (χ4v) is 4.71. The smallest absolute Gasteiger partial charge is 0.243 e. The summed E-state index contributed by atoms with van der Waals surface area (Å²) in [6.07, 6.45) is 1.65. The van der Waals surface area contributed by atoms with Gasteiger partial charge in [-0.25, -0.2) is 17.2 Å². The lowest BCUT2D eigenvalue weighted by Crippen LogP contribution is -2.51. The van der Waals surface area contributed by atoms with Crippen molar-refractivity contribution in [3.63, 3.8) is 0 Å². The molecule has 6 nitrogen and oxygen atoms in total. The zero-order chi connectivity index (χ0) is 21.7. The van der Waals surface area contributed by atoms with Crippen LogP contribution in [0, 0.1) is 11.6 Å². The molecule has 160 valence electrons. The Kier molecular flexibility index (Phi) is 6.96. The Bertz CT molecular complexity index is 1010. The van der Waals surface area contributed by atoms with E-state index in [4.69, 9.17) is 0 Å². The maximum atomic E-state index is 13.4. The summed E-state index contributed by atoms with van der Waals surface area (Å²) in [4.78, 5) is 16.0. The van der Waals surface area contributed by atoms with Crippen LogP contribution in [-0.2, 0) is 14.8 Å². The molecule has 0 aromatic heterocycles. The first-order chi connectivity index (χ1) is 14.3. The predicted octanol–water partition coefficient (Wildman–Crippen LogP) is 2.49. The SMILES string of the molecule is C=CCN(C(=O)CN1CCN(S(=O)(=O)c2ccc(F)c(F)c2)CC1)c1ccccc1. The minimum atomic E-state index is -3.93.